The van der Waals surface area contributed by atoms with E-state index in [-0.39, 0.29) is 12.0 Å². The highest BCUT2D eigenvalue weighted by Crippen LogP contribution is 2.28. The molecule has 1 atom stereocenters. The van der Waals surface area contributed by atoms with Crippen molar-refractivity contribution in [3.05, 3.63) is 60.2 Å². The largest absolute Gasteiger partial charge is 0.480 e. The van der Waals surface area contributed by atoms with Gasteiger partial charge in [-0.3, -0.25) is 4.79 Å². The molecule has 2 aromatic carbocycles. The van der Waals surface area contributed by atoms with Crippen LogP contribution in [-0.4, -0.2) is 32.1 Å². The first-order valence-corrected chi connectivity index (χ1v) is 8.02. The summed E-state index contributed by atoms with van der Waals surface area (Å²) in [5, 5.41) is 2.98. The lowest BCUT2D eigenvalue weighted by Crippen LogP contribution is -2.38. The van der Waals surface area contributed by atoms with Crippen molar-refractivity contribution in [3.8, 4) is 5.75 Å². The SMILES string of the molecule is CN(CCCNC(=O)[C@H]1Cc2ccccc2O1)c1ccccc1. The van der Waals surface area contributed by atoms with Crippen LogP contribution in [0.1, 0.15) is 12.0 Å². The van der Waals surface area contributed by atoms with E-state index in [9.17, 15) is 4.79 Å². The van der Waals surface area contributed by atoms with E-state index in [0.717, 1.165) is 24.3 Å². The molecule has 1 aliphatic heterocycles. The minimum absolute atomic E-state index is 0.0245. The monoisotopic (exact) mass is 310 g/mol. The maximum atomic E-state index is 12.2. The Morgan fingerprint density at radius 2 is 1.91 bits per heavy atom. The van der Waals surface area contributed by atoms with Gasteiger partial charge < -0.3 is 15.0 Å². The number of rotatable bonds is 6. The van der Waals surface area contributed by atoms with Gasteiger partial charge in [0, 0.05) is 32.2 Å². The molecule has 0 aliphatic carbocycles. The summed E-state index contributed by atoms with van der Waals surface area (Å²) in [4.78, 5) is 14.4. The van der Waals surface area contributed by atoms with Gasteiger partial charge in [-0.15, -0.1) is 0 Å². The molecule has 0 fully saturated rings. The van der Waals surface area contributed by atoms with Crippen LogP contribution in [0.25, 0.3) is 0 Å². The van der Waals surface area contributed by atoms with E-state index in [0.29, 0.717) is 13.0 Å². The lowest BCUT2D eigenvalue weighted by atomic mass is 10.1. The van der Waals surface area contributed by atoms with Gasteiger partial charge in [0.1, 0.15) is 5.75 Å². The predicted octanol–water partition coefficient (Wildman–Crippen LogP) is 2.63. The molecule has 0 radical (unpaired) electrons. The molecule has 0 spiro atoms. The van der Waals surface area contributed by atoms with Crippen molar-refractivity contribution >= 4 is 11.6 Å². The Bertz CT molecular complexity index is 632. The van der Waals surface area contributed by atoms with Crippen molar-refractivity contribution in [2.45, 2.75) is 18.9 Å². The second-order valence-corrected chi connectivity index (χ2v) is 5.82. The minimum Gasteiger partial charge on any atom is -0.480 e. The molecule has 1 heterocycles. The van der Waals surface area contributed by atoms with E-state index in [1.807, 2.05) is 42.5 Å². The number of carbonyl (C=O) groups excluding carboxylic acids is 1. The van der Waals surface area contributed by atoms with E-state index < -0.39 is 0 Å². The van der Waals surface area contributed by atoms with Crippen molar-refractivity contribution in [2.24, 2.45) is 0 Å². The summed E-state index contributed by atoms with van der Waals surface area (Å²) in [6.07, 6.45) is 1.17. The fourth-order valence-corrected chi connectivity index (χ4v) is 2.78. The van der Waals surface area contributed by atoms with E-state index in [2.05, 4.69) is 29.4 Å². The molecule has 2 aromatic rings. The Kier molecular flexibility index (Phi) is 4.81. The number of nitrogens with zero attached hydrogens (tertiary/aromatic N) is 1. The Morgan fingerprint density at radius 1 is 1.17 bits per heavy atom. The van der Waals surface area contributed by atoms with Crippen LogP contribution >= 0.6 is 0 Å². The average Bonchev–Trinajstić information content (AvgIpc) is 3.03. The van der Waals surface area contributed by atoms with Crippen LogP contribution in [0.2, 0.25) is 0 Å². The zero-order valence-electron chi connectivity index (χ0n) is 13.4. The van der Waals surface area contributed by atoms with Gasteiger partial charge in [0.05, 0.1) is 0 Å². The van der Waals surface area contributed by atoms with Gasteiger partial charge >= 0.3 is 0 Å². The van der Waals surface area contributed by atoms with Gasteiger partial charge in [-0.25, -0.2) is 0 Å². The number of amides is 1. The molecule has 0 saturated carbocycles. The van der Waals surface area contributed by atoms with E-state index in [1.54, 1.807) is 0 Å². The minimum atomic E-state index is -0.390. The molecular weight excluding hydrogens is 288 g/mol. The highest BCUT2D eigenvalue weighted by molar-refractivity contribution is 5.82. The first kappa shape index (κ1) is 15.4. The van der Waals surface area contributed by atoms with Crippen molar-refractivity contribution in [1.82, 2.24) is 5.32 Å². The molecule has 3 rings (SSSR count). The number of para-hydroxylation sites is 2. The highest BCUT2D eigenvalue weighted by Gasteiger charge is 2.28. The average molecular weight is 310 g/mol. The van der Waals surface area contributed by atoms with Crippen molar-refractivity contribution in [3.63, 3.8) is 0 Å². The van der Waals surface area contributed by atoms with Crippen LogP contribution in [0.5, 0.6) is 5.75 Å². The second kappa shape index (κ2) is 7.18. The van der Waals surface area contributed by atoms with Gasteiger partial charge in [-0.1, -0.05) is 36.4 Å². The number of hydrogen-bond acceptors (Lipinski definition) is 3. The predicted molar refractivity (Wildman–Crippen MR) is 91.9 cm³/mol. The summed E-state index contributed by atoms with van der Waals surface area (Å²) in [7, 11) is 2.06. The van der Waals surface area contributed by atoms with Crippen LogP contribution in [0.4, 0.5) is 5.69 Å². The number of fused-ring (bicyclic) bond motifs is 1. The highest BCUT2D eigenvalue weighted by atomic mass is 16.5. The van der Waals surface area contributed by atoms with Crippen LogP contribution < -0.4 is 15.0 Å². The number of hydrogen-bond donors (Lipinski definition) is 1. The molecule has 4 heteroatoms. The van der Waals surface area contributed by atoms with Gasteiger partial charge in [-0.05, 0) is 30.2 Å². The summed E-state index contributed by atoms with van der Waals surface area (Å²) in [5.74, 6) is 0.806. The molecule has 1 aliphatic rings. The Balaban J connectivity index is 1.39. The Morgan fingerprint density at radius 3 is 2.70 bits per heavy atom. The van der Waals surface area contributed by atoms with Crippen LogP contribution in [-0.2, 0) is 11.2 Å². The fraction of sp³-hybridized carbons (Fsp3) is 0.316. The van der Waals surface area contributed by atoms with E-state index >= 15 is 0 Å². The summed E-state index contributed by atoms with van der Waals surface area (Å²) < 4.78 is 5.69. The summed E-state index contributed by atoms with van der Waals surface area (Å²) in [6, 6.07) is 18.1. The third-order valence-electron chi connectivity index (χ3n) is 4.11. The summed E-state index contributed by atoms with van der Waals surface area (Å²) in [5.41, 5.74) is 2.30. The zero-order valence-corrected chi connectivity index (χ0v) is 13.4. The fourth-order valence-electron chi connectivity index (χ4n) is 2.78. The molecule has 1 N–H and O–H groups in total. The number of ether oxygens (including phenoxy) is 1. The third kappa shape index (κ3) is 3.83. The molecule has 0 saturated heterocycles. The Hall–Kier alpha value is -2.49. The normalized spacial score (nSPS) is 15.6. The molecule has 0 unspecified atom stereocenters. The molecule has 23 heavy (non-hydrogen) atoms. The summed E-state index contributed by atoms with van der Waals surface area (Å²) in [6.45, 7) is 1.56. The van der Waals surface area contributed by atoms with E-state index in [4.69, 9.17) is 4.74 Å². The quantitative estimate of drug-likeness (QED) is 0.834. The lowest BCUT2D eigenvalue weighted by molar-refractivity contribution is -0.127. The number of nitrogens with one attached hydrogen (secondary N) is 1. The molecular formula is C19H22N2O2. The third-order valence-corrected chi connectivity index (χ3v) is 4.11. The molecule has 1 amide bonds. The maximum absolute atomic E-state index is 12.2. The zero-order chi connectivity index (χ0) is 16.1. The van der Waals surface area contributed by atoms with Crippen LogP contribution in [0.3, 0.4) is 0 Å². The first-order chi connectivity index (χ1) is 11.2. The van der Waals surface area contributed by atoms with Crippen LogP contribution in [0.15, 0.2) is 54.6 Å². The van der Waals surface area contributed by atoms with Crippen LogP contribution in [0, 0.1) is 0 Å². The molecule has 120 valence electrons. The molecule has 0 bridgehead atoms. The van der Waals surface area contributed by atoms with Crippen molar-refractivity contribution in [2.75, 3.05) is 25.0 Å². The van der Waals surface area contributed by atoms with Crippen molar-refractivity contribution < 1.29 is 9.53 Å². The number of benzene rings is 2. The lowest BCUT2D eigenvalue weighted by Gasteiger charge is -2.19. The number of anilines is 1. The maximum Gasteiger partial charge on any atom is 0.261 e. The van der Waals surface area contributed by atoms with Crippen molar-refractivity contribution in [1.29, 1.82) is 0 Å². The second-order valence-electron chi connectivity index (χ2n) is 5.82. The van der Waals surface area contributed by atoms with Gasteiger partial charge in [0.25, 0.3) is 5.91 Å². The number of carbonyl (C=O) groups is 1. The topological polar surface area (TPSA) is 41.6 Å². The smallest absolute Gasteiger partial charge is 0.261 e. The summed E-state index contributed by atoms with van der Waals surface area (Å²) >= 11 is 0. The molecule has 4 nitrogen and oxygen atoms in total. The van der Waals surface area contributed by atoms with Gasteiger partial charge in [-0.2, -0.15) is 0 Å². The molecule has 0 aromatic heterocycles. The standard InChI is InChI=1S/C19H22N2O2/c1-21(16-9-3-2-4-10-16)13-7-12-20-19(22)18-14-15-8-5-6-11-17(15)23-18/h2-6,8-11,18H,7,12-14H2,1H3,(H,20,22)/t18-/m1/s1. The van der Waals surface area contributed by atoms with Gasteiger partial charge in [0.2, 0.25) is 0 Å². The Labute approximate surface area is 137 Å². The first-order valence-electron chi connectivity index (χ1n) is 8.02. The van der Waals surface area contributed by atoms with Gasteiger partial charge in [0.15, 0.2) is 6.10 Å². The van der Waals surface area contributed by atoms with E-state index in [1.165, 1.54) is 5.69 Å².